The number of hydrogen-bond donors (Lipinski definition) is 1. The van der Waals surface area contributed by atoms with Crippen molar-refractivity contribution in [3.05, 3.63) is 52.2 Å². The van der Waals surface area contributed by atoms with Gasteiger partial charge in [0.1, 0.15) is 17.0 Å². The first-order valence-corrected chi connectivity index (χ1v) is 8.60. The zero-order valence-electron chi connectivity index (χ0n) is 12.9. The Balaban J connectivity index is 1.76. The zero-order chi connectivity index (χ0) is 15.1. The van der Waals surface area contributed by atoms with Crippen molar-refractivity contribution in [1.29, 1.82) is 0 Å². The fourth-order valence-electron chi connectivity index (χ4n) is 3.36. The van der Waals surface area contributed by atoms with Gasteiger partial charge in [0.05, 0.1) is 11.4 Å². The van der Waals surface area contributed by atoms with Crippen LogP contribution in [0.15, 0.2) is 30.6 Å². The molecule has 1 atom stereocenters. The number of rotatable bonds is 2. The SMILES string of the molecule is Cc1sc2ncnc(N[C@@H]3CCCc4ccccc43)c2c1C. The van der Waals surface area contributed by atoms with Crippen molar-refractivity contribution in [3.63, 3.8) is 0 Å². The van der Waals surface area contributed by atoms with E-state index in [2.05, 4.69) is 53.4 Å². The summed E-state index contributed by atoms with van der Waals surface area (Å²) in [5.74, 6) is 0.980. The minimum Gasteiger partial charge on any atom is -0.363 e. The maximum Gasteiger partial charge on any atom is 0.138 e. The number of nitrogens with one attached hydrogen (secondary N) is 1. The molecule has 3 aromatic rings. The van der Waals surface area contributed by atoms with Crippen LogP contribution in [0.1, 0.15) is 40.5 Å². The molecule has 0 amide bonds. The smallest absolute Gasteiger partial charge is 0.138 e. The summed E-state index contributed by atoms with van der Waals surface area (Å²) < 4.78 is 0. The van der Waals surface area contributed by atoms with E-state index in [9.17, 15) is 0 Å². The lowest BCUT2D eigenvalue weighted by molar-refractivity contribution is 0.599. The molecule has 22 heavy (non-hydrogen) atoms. The standard InChI is InChI=1S/C18H19N3S/c1-11-12(2)22-18-16(11)17(19-10-20-18)21-15-9-5-7-13-6-3-4-8-14(13)15/h3-4,6,8,10,15H,5,7,9H2,1-2H3,(H,19,20,21)/t15-/m1/s1. The second-order valence-corrected chi connectivity index (χ2v) is 7.18. The average molecular weight is 309 g/mol. The van der Waals surface area contributed by atoms with Crippen molar-refractivity contribution in [2.24, 2.45) is 0 Å². The van der Waals surface area contributed by atoms with Gasteiger partial charge in [0.2, 0.25) is 0 Å². The van der Waals surface area contributed by atoms with Crippen LogP contribution in [0.3, 0.4) is 0 Å². The molecule has 0 radical (unpaired) electrons. The number of anilines is 1. The molecule has 1 N–H and O–H groups in total. The average Bonchev–Trinajstić information content (AvgIpc) is 2.83. The van der Waals surface area contributed by atoms with E-state index in [0.717, 1.165) is 17.1 Å². The molecular formula is C18H19N3S. The maximum absolute atomic E-state index is 4.53. The lowest BCUT2D eigenvalue weighted by Gasteiger charge is -2.27. The first-order chi connectivity index (χ1) is 10.7. The van der Waals surface area contributed by atoms with Crippen molar-refractivity contribution in [2.45, 2.75) is 39.2 Å². The van der Waals surface area contributed by atoms with Gasteiger partial charge in [0.15, 0.2) is 0 Å². The largest absolute Gasteiger partial charge is 0.363 e. The Labute approximate surface area is 134 Å². The zero-order valence-corrected chi connectivity index (χ0v) is 13.7. The molecule has 1 aromatic carbocycles. The number of aromatic nitrogens is 2. The van der Waals surface area contributed by atoms with Gasteiger partial charge < -0.3 is 5.32 Å². The third kappa shape index (κ3) is 2.18. The maximum atomic E-state index is 4.53. The number of benzene rings is 1. The van der Waals surface area contributed by atoms with Crippen LogP contribution >= 0.6 is 11.3 Å². The Kier molecular flexibility index (Phi) is 3.34. The van der Waals surface area contributed by atoms with Crippen LogP contribution in [-0.2, 0) is 6.42 Å². The fraction of sp³-hybridized carbons (Fsp3) is 0.333. The highest BCUT2D eigenvalue weighted by molar-refractivity contribution is 7.18. The Morgan fingerprint density at radius 1 is 1.18 bits per heavy atom. The lowest BCUT2D eigenvalue weighted by Crippen LogP contribution is -2.18. The van der Waals surface area contributed by atoms with E-state index in [0.29, 0.717) is 6.04 Å². The van der Waals surface area contributed by atoms with Gasteiger partial charge in [-0.1, -0.05) is 24.3 Å². The predicted octanol–water partition coefficient (Wildman–Crippen LogP) is 4.80. The van der Waals surface area contributed by atoms with Gasteiger partial charge >= 0.3 is 0 Å². The third-order valence-electron chi connectivity index (χ3n) is 4.65. The summed E-state index contributed by atoms with van der Waals surface area (Å²) in [5.41, 5.74) is 4.19. The fourth-order valence-corrected chi connectivity index (χ4v) is 4.36. The van der Waals surface area contributed by atoms with Crippen LogP contribution < -0.4 is 5.32 Å². The summed E-state index contributed by atoms with van der Waals surface area (Å²) >= 11 is 1.75. The van der Waals surface area contributed by atoms with Crippen LogP contribution in [0, 0.1) is 13.8 Å². The molecule has 0 spiro atoms. The van der Waals surface area contributed by atoms with E-state index in [1.165, 1.54) is 39.8 Å². The van der Waals surface area contributed by atoms with E-state index >= 15 is 0 Å². The van der Waals surface area contributed by atoms with E-state index in [-0.39, 0.29) is 0 Å². The summed E-state index contributed by atoms with van der Waals surface area (Å²) in [4.78, 5) is 11.4. The Morgan fingerprint density at radius 2 is 2.05 bits per heavy atom. The van der Waals surface area contributed by atoms with Gasteiger partial charge in [-0.05, 0) is 49.8 Å². The summed E-state index contributed by atoms with van der Waals surface area (Å²) in [5, 5.41) is 4.88. The molecule has 2 aromatic heterocycles. The highest BCUT2D eigenvalue weighted by Gasteiger charge is 2.21. The van der Waals surface area contributed by atoms with Gasteiger partial charge in [-0.25, -0.2) is 9.97 Å². The Hall–Kier alpha value is -1.94. The Bertz CT molecular complexity index is 837. The van der Waals surface area contributed by atoms with Crippen molar-refractivity contribution in [2.75, 3.05) is 5.32 Å². The van der Waals surface area contributed by atoms with E-state index in [1.54, 1.807) is 17.7 Å². The molecule has 0 unspecified atom stereocenters. The minimum absolute atomic E-state index is 0.350. The number of thiophene rings is 1. The van der Waals surface area contributed by atoms with Gasteiger partial charge in [-0.2, -0.15) is 0 Å². The van der Waals surface area contributed by atoms with Crippen LogP contribution in [0.2, 0.25) is 0 Å². The first-order valence-electron chi connectivity index (χ1n) is 7.79. The molecule has 3 nitrogen and oxygen atoms in total. The number of fused-ring (bicyclic) bond motifs is 2. The van der Waals surface area contributed by atoms with E-state index in [1.807, 2.05) is 0 Å². The van der Waals surface area contributed by atoms with Crippen LogP contribution in [0.5, 0.6) is 0 Å². The molecule has 4 rings (SSSR count). The van der Waals surface area contributed by atoms with Crippen molar-refractivity contribution >= 4 is 27.4 Å². The second kappa shape index (κ2) is 5.36. The molecule has 0 saturated heterocycles. The van der Waals surface area contributed by atoms with Crippen molar-refractivity contribution in [1.82, 2.24) is 9.97 Å². The minimum atomic E-state index is 0.350. The summed E-state index contributed by atoms with van der Waals surface area (Å²) in [7, 11) is 0. The molecule has 0 saturated carbocycles. The van der Waals surface area contributed by atoms with Crippen LogP contribution in [0.25, 0.3) is 10.2 Å². The quantitative estimate of drug-likeness (QED) is 0.739. The molecule has 112 valence electrons. The molecular weight excluding hydrogens is 290 g/mol. The number of hydrogen-bond acceptors (Lipinski definition) is 4. The van der Waals surface area contributed by atoms with E-state index in [4.69, 9.17) is 0 Å². The molecule has 1 aliphatic carbocycles. The highest BCUT2D eigenvalue weighted by Crippen LogP contribution is 2.36. The van der Waals surface area contributed by atoms with Gasteiger partial charge in [0, 0.05) is 4.88 Å². The molecule has 2 heterocycles. The van der Waals surface area contributed by atoms with Crippen LogP contribution in [-0.4, -0.2) is 9.97 Å². The summed E-state index contributed by atoms with van der Waals surface area (Å²) in [6.45, 7) is 4.32. The molecule has 0 bridgehead atoms. The van der Waals surface area contributed by atoms with Crippen molar-refractivity contribution < 1.29 is 0 Å². The Morgan fingerprint density at radius 3 is 2.95 bits per heavy atom. The monoisotopic (exact) mass is 309 g/mol. The number of aryl methyl sites for hydroxylation is 3. The van der Waals surface area contributed by atoms with Gasteiger partial charge in [-0.3, -0.25) is 0 Å². The predicted molar refractivity (Wildman–Crippen MR) is 92.6 cm³/mol. The molecule has 1 aliphatic rings. The summed E-state index contributed by atoms with van der Waals surface area (Å²) in [6, 6.07) is 9.11. The van der Waals surface area contributed by atoms with E-state index < -0.39 is 0 Å². The van der Waals surface area contributed by atoms with Crippen LogP contribution in [0.4, 0.5) is 5.82 Å². The second-order valence-electron chi connectivity index (χ2n) is 5.97. The lowest BCUT2D eigenvalue weighted by atomic mass is 9.88. The third-order valence-corrected chi connectivity index (χ3v) is 5.76. The molecule has 4 heteroatoms. The number of nitrogens with zero attached hydrogens (tertiary/aromatic N) is 2. The first kappa shape index (κ1) is 13.7. The molecule has 0 fully saturated rings. The van der Waals surface area contributed by atoms with Gasteiger partial charge in [-0.15, -0.1) is 11.3 Å². The topological polar surface area (TPSA) is 37.8 Å². The molecule has 0 aliphatic heterocycles. The van der Waals surface area contributed by atoms with Gasteiger partial charge in [0.25, 0.3) is 0 Å². The summed E-state index contributed by atoms with van der Waals surface area (Å²) in [6.07, 6.45) is 5.24. The normalized spacial score (nSPS) is 17.5. The van der Waals surface area contributed by atoms with Crippen molar-refractivity contribution in [3.8, 4) is 0 Å². The highest BCUT2D eigenvalue weighted by atomic mass is 32.1.